The van der Waals surface area contributed by atoms with Crippen LogP contribution in [0.15, 0.2) is 34.9 Å². The van der Waals surface area contributed by atoms with E-state index in [1.165, 1.54) is 6.07 Å². The van der Waals surface area contributed by atoms with Gasteiger partial charge >= 0.3 is 0 Å². The lowest BCUT2D eigenvalue weighted by atomic mass is 10.1. The average Bonchev–Trinajstić information content (AvgIpc) is 3.02. The summed E-state index contributed by atoms with van der Waals surface area (Å²) in [6.45, 7) is 7.39. The fourth-order valence-electron chi connectivity index (χ4n) is 3.00. The minimum Gasteiger partial charge on any atom is -0.360 e. The molecule has 0 saturated carbocycles. The second-order valence-electron chi connectivity index (χ2n) is 6.39. The van der Waals surface area contributed by atoms with Crippen molar-refractivity contribution in [1.82, 2.24) is 15.0 Å². The molecule has 25 heavy (non-hydrogen) atoms. The molecule has 1 aromatic heterocycles. The molecule has 6 nitrogen and oxygen atoms in total. The first-order chi connectivity index (χ1) is 12.0. The van der Waals surface area contributed by atoms with E-state index in [4.69, 9.17) is 4.52 Å². The Morgan fingerprint density at radius 2 is 2.04 bits per heavy atom. The average molecular weight is 346 g/mol. The highest BCUT2D eigenvalue weighted by molar-refractivity contribution is 5.93. The van der Waals surface area contributed by atoms with Gasteiger partial charge in [-0.2, -0.15) is 0 Å². The lowest BCUT2D eigenvalue weighted by Crippen LogP contribution is -2.52. The van der Waals surface area contributed by atoms with Gasteiger partial charge in [0, 0.05) is 44.4 Å². The summed E-state index contributed by atoms with van der Waals surface area (Å²) < 4.78 is 18.7. The first kappa shape index (κ1) is 17.6. The van der Waals surface area contributed by atoms with Crippen LogP contribution in [0.2, 0.25) is 0 Å². The van der Waals surface area contributed by atoms with Crippen LogP contribution in [0.25, 0.3) is 0 Å². The monoisotopic (exact) mass is 346 g/mol. The third kappa shape index (κ3) is 4.43. The Hall–Kier alpha value is -2.25. The Morgan fingerprint density at radius 1 is 1.32 bits per heavy atom. The summed E-state index contributed by atoms with van der Waals surface area (Å²) in [6, 6.07) is 8.30. The van der Waals surface area contributed by atoms with Crippen molar-refractivity contribution in [3.8, 4) is 0 Å². The van der Waals surface area contributed by atoms with Gasteiger partial charge in [0.2, 0.25) is 5.91 Å². The van der Waals surface area contributed by atoms with Crippen LogP contribution in [0, 0.1) is 12.7 Å². The first-order valence-electron chi connectivity index (χ1n) is 8.47. The van der Waals surface area contributed by atoms with Crippen molar-refractivity contribution in [3.05, 3.63) is 47.5 Å². The van der Waals surface area contributed by atoms with E-state index >= 15 is 0 Å². The molecule has 1 aliphatic rings. The molecule has 0 aliphatic carbocycles. The summed E-state index contributed by atoms with van der Waals surface area (Å²) in [6.07, 6.45) is 0. The number of nitrogens with one attached hydrogen (secondary N) is 1. The number of carbonyl (C=O) groups is 1. The molecule has 1 atom stereocenters. The maximum atomic E-state index is 13.8. The predicted octanol–water partition coefficient (Wildman–Crippen LogP) is 2.27. The molecule has 1 aliphatic heterocycles. The fourth-order valence-corrected chi connectivity index (χ4v) is 3.00. The van der Waals surface area contributed by atoms with E-state index < -0.39 is 0 Å². The lowest BCUT2D eigenvalue weighted by Gasteiger charge is -2.37. The molecule has 1 unspecified atom stereocenters. The quantitative estimate of drug-likeness (QED) is 0.900. The Labute approximate surface area is 146 Å². The van der Waals surface area contributed by atoms with Gasteiger partial charge < -0.3 is 9.84 Å². The van der Waals surface area contributed by atoms with Crippen LogP contribution in [0.5, 0.6) is 0 Å². The van der Waals surface area contributed by atoms with Gasteiger partial charge in [-0.25, -0.2) is 4.39 Å². The van der Waals surface area contributed by atoms with Crippen molar-refractivity contribution in [2.24, 2.45) is 0 Å². The molecule has 0 bridgehead atoms. The van der Waals surface area contributed by atoms with E-state index in [0.717, 1.165) is 26.2 Å². The first-order valence-corrected chi connectivity index (χ1v) is 8.47. The van der Waals surface area contributed by atoms with Crippen molar-refractivity contribution in [1.29, 1.82) is 0 Å². The highest BCUT2D eigenvalue weighted by Gasteiger charge is 2.26. The summed E-state index contributed by atoms with van der Waals surface area (Å²) in [5, 5.41) is 6.55. The predicted molar refractivity (Wildman–Crippen MR) is 92.6 cm³/mol. The molecule has 2 aromatic rings. The third-order valence-corrected chi connectivity index (χ3v) is 4.57. The molecule has 1 amide bonds. The summed E-state index contributed by atoms with van der Waals surface area (Å²) in [5.74, 6) is 0.827. The molecule has 1 N–H and O–H groups in total. The van der Waals surface area contributed by atoms with Crippen molar-refractivity contribution in [3.63, 3.8) is 0 Å². The number of rotatable bonds is 5. The largest absolute Gasteiger partial charge is 0.360 e. The van der Waals surface area contributed by atoms with Gasteiger partial charge in [-0.05, 0) is 19.9 Å². The molecule has 1 fully saturated rings. The van der Waals surface area contributed by atoms with Crippen LogP contribution in [-0.2, 0) is 11.3 Å². The summed E-state index contributed by atoms with van der Waals surface area (Å²) in [5.41, 5.74) is 0.711. The van der Waals surface area contributed by atoms with Crippen LogP contribution >= 0.6 is 0 Å². The number of hydrogen-bond donors (Lipinski definition) is 1. The van der Waals surface area contributed by atoms with Crippen LogP contribution in [0.3, 0.4) is 0 Å². The van der Waals surface area contributed by atoms with Crippen molar-refractivity contribution in [2.75, 3.05) is 31.5 Å². The summed E-state index contributed by atoms with van der Waals surface area (Å²) in [4.78, 5) is 16.7. The SMILES string of the molecule is Cc1cc(NC(=O)C(C)N2CCN(Cc3ccccc3F)CC2)no1. The molecule has 1 aromatic carbocycles. The Kier molecular flexibility index (Phi) is 5.45. The normalized spacial score (nSPS) is 17.4. The second kappa shape index (κ2) is 7.76. The Balaban J connectivity index is 1.49. The van der Waals surface area contributed by atoms with Gasteiger partial charge in [-0.3, -0.25) is 14.6 Å². The molecule has 3 rings (SSSR count). The maximum Gasteiger partial charge on any atom is 0.242 e. The Bertz CT molecular complexity index is 725. The smallest absolute Gasteiger partial charge is 0.242 e. The minimum absolute atomic E-state index is 0.101. The second-order valence-corrected chi connectivity index (χ2v) is 6.39. The molecular weight excluding hydrogens is 323 g/mol. The zero-order valence-corrected chi connectivity index (χ0v) is 14.5. The highest BCUT2D eigenvalue weighted by Crippen LogP contribution is 2.14. The van der Waals surface area contributed by atoms with Gasteiger partial charge in [-0.1, -0.05) is 23.4 Å². The van der Waals surface area contributed by atoms with Crippen LogP contribution in [0.1, 0.15) is 18.2 Å². The number of halogens is 1. The van der Waals surface area contributed by atoms with Gasteiger partial charge in [0.05, 0.1) is 6.04 Å². The van der Waals surface area contributed by atoms with Crippen molar-refractivity contribution >= 4 is 11.7 Å². The van der Waals surface area contributed by atoms with E-state index in [0.29, 0.717) is 23.7 Å². The van der Waals surface area contributed by atoms with E-state index in [1.54, 1.807) is 19.1 Å². The molecular formula is C18H23FN4O2. The minimum atomic E-state index is -0.257. The number of anilines is 1. The molecule has 7 heteroatoms. The van der Waals surface area contributed by atoms with Crippen LogP contribution in [-0.4, -0.2) is 53.1 Å². The molecule has 2 heterocycles. The number of piperazine rings is 1. The van der Waals surface area contributed by atoms with Crippen molar-refractivity contribution < 1.29 is 13.7 Å². The molecule has 1 saturated heterocycles. The lowest BCUT2D eigenvalue weighted by molar-refractivity contribution is -0.121. The number of nitrogens with zero attached hydrogens (tertiary/aromatic N) is 3. The highest BCUT2D eigenvalue weighted by atomic mass is 19.1. The zero-order valence-electron chi connectivity index (χ0n) is 14.5. The number of hydrogen-bond acceptors (Lipinski definition) is 5. The topological polar surface area (TPSA) is 61.6 Å². The molecule has 0 radical (unpaired) electrons. The van der Waals surface area contributed by atoms with E-state index in [-0.39, 0.29) is 17.8 Å². The van der Waals surface area contributed by atoms with Gasteiger partial charge in [0.25, 0.3) is 0 Å². The Morgan fingerprint density at radius 3 is 2.68 bits per heavy atom. The van der Waals surface area contributed by atoms with Crippen LogP contribution in [0.4, 0.5) is 10.2 Å². The number of aryl methyl sites for hydroxylation is 1. The van der Waals surface area contributed by atoms with E-state index in [2.05, 4.69) is 20.3 Å². The molecule has 134 valence electrons. The maximum absolute atomic E-state index is 13.8. The zero-order chi connectivity index (χ0) is 17.8. The van der Waals surface area contributed by atoms with E-state index in [1.807, 2.05) is 19.1 Å². The number of amides is 1. The fraction of sp³-hybridized carbons (Fsp3) is 0.444. The van der Waals surface area contributed by atoms with E-state index in [9.17, 15) is 9.18 Å². The van der Waals surface area contributed by atoms with Crippen LogP contribution < -0.4 is 5.32 Å². The van der Waals surface area contributed by atoms with Crippen molar-refractivity contribution in [2.45, 2.75) is 26.4 Å². The van der Waals surface area contributed by atoms with Gasteiger partial charge in [0.1, 0.15) is 11.6 Å². The third-order valence-electron chi connectivity index (χ3n) is 4.57. The number of carbonyl (C=O) groups excluding carboxylic acids is 1. The molecule has 0 spiro atoms. The van der Waals surface area contributed by atoms with Gasteiger partial charge in [0.15, 0.2) is 5.82 Å². The standard InChI is InChI=1S/C18H23FN4O2/c1-13-11-17(21-25-13)20-18(24)14(2)23-9-7-22(8-10-23)12-15-5-3-4-6-16(15)19/h3-6,11,14H,7-10,12H2,1-2H3,(H,20,21,24). The number of benzene rings is 1. The summed E-state index contributed by atoms with van der Waals surface area (Å²) >= 11 is 0. The van der Waals surface area contributed by atoms with Gasteiger partial charge in [-0.15, -0.1) is 0 Å². The number of aromatic nitrogens is 1. The summed E-state index contributed by atoms with van der Waals surface area (Å²) in [7, 11) is 0.